The molecule has 2 amide bonds. The first kappa shape index (κ1) is 21.6. The average Bonchev–Trinajstić information content (AvgIpc) is 2.66. The van der Waals surface area contributed by atoms with Crippen LogP contribution in [0.2, 0.25) is 0 Å². The number of alkyl halides is 3. The highest BCUT2D eigenvalue weighted by atomic mass is 19.4. The summed E-state index contributed by atoms with van der Waals surface area (Å²) in [5, 5.41) is 2.81. The Bertz CT molecular complexity index is 764. The van der Waals surface area contributed by atoms with Crippen LogP contribution >= 0.6 is 0 Å². The zero-order chi connectivity index (χ0) is 20.6. The molecule has 0 saturated heterocycles. The number of ether oxygens (including phenoxy) is 2. The molecule has 0 radical (unpaired) electrons. The molecular formula is C20H23F3N2O3. The molecule has 0 aliphatic carbocycles. The van der Waals surface area contributed by atoms with Crippen molar-refractivity contribution in [3.05, 3.63) is 65.2 Å². The molecule has 0 aromatic heterocycles. The summed E-state index contributed by atoms with van der Waals surface area (Å²) in [5.41, 5.74) is 2.41. The molecule has 0 aliphatic rings. The lowest BCUT2D eigenvalue weighted by Crippen LogP contribution is -2.36. The Morgan fingerprint density at radius 3 is 2.39 bits per heavy atom. The number of halogens is 3. The maximum Gasteiger partial charge on any atom is 0.411 e. The fourth-order valence-corrected chi connectivity index (χ4v) is 2.47. The van der Waals surface area contributed by atoms with Crippen molar-refractivity contribution in [3.63, 3.8) is 0 Å². The zero-order valence-corrected chi connectivity index (χ0v) is 15.8. The molecule has 1 N–H and O–H groups in total. The van der Waals surface area contributed by atoms with Crippen LogP contribution in [0.3, 0.4) is 0 Å². The van der Waals surface area contributed by atoms with Crippen molar-refractivity contribution in [2.75, 3.05) is 20.8 Å². The Labute approximate surface area is 162 Å². The van der Waals surface area contributed by atoms with Crippen LogP contribution in [0.15, 0.2) is 48.5 Å². The summed E-state index contributed by atoms with van der Waals surface area (Å²) in [5.74, 6) is 0.727. The summed E-state index contributed by atoms with van der Waals surface area (Å²) >= 11 is 0. The molecular weight excluding hydrogens is 373 g/mol. The number of hydrogen-bond acceptors (Lipinski definition) is 3. The number of amides is 2. The molecule has 0 spiro atoms. The summed E-state index contributed by atoms with van der Waals surface area (Å²) in [4.78, 5) is 13.8. The summed E-state index contributed by atoms with van der Waals surface area (Å²) in [7, 11) is 3.28. The molecule has 2 rings (SSSR count). The normalized spacial score (nSPS) is 11.2. The minimum Gasteiger partial charge on any atom is -0.497 e. The summed E-state index contributed by atoms with van der Waals surface area (Å²) in [6.07, 6.45) is -4.33. The Balaban J connectivity index is 1.78. The van der Waals surface area contributed by atoms with E-state index in [0.29, 0.717) is 18.7 Å². The first-order valence-electron chi connectivity index (χ1n) is 8.61. The number of carbonyl (C=O) groups excluding carboxylic acids is 1. The van der Waals surface area contributed by atoms with Gasteiger partial charge in [-0.15, -0.1) is 0 Å². The van der Waals surface area contributed by atoms with Gasteiger partial charge in [-0.3, -0.25) is 0 Å². The standard InChI is InChI=1S/C20H23F3N2O3/c1-25(12-17-4-3-5-18(10-17)27-2)19(26)24-11-15-6-8-16(9-7-15)13-28-14-20(21,22)23/h3-10H,11-14H2,1-2H3,(H,24,26). The largest absolute Gasteiger partial charge is 0.497 e. The fourth-order valence-electron chi connectivity index (χ4n) is 2.47. The zero-order valence-electron chi connectivity index (χ0n) is 15.8. The van der Waals surface area contributed by atoms with Gasteiger partial charge >= 0.3 is 12.2 Å². The third-order valence-corrected chi connectivity index (χ3v) is 3.90. The van der Waals surface area contributed by atoms with E-state index in [1.807, 2.05) is 24.3 Å². The van der Waals surface area contributed by atoms with Crippen molar-refractivity contribution in [3.8, 4) is 5.75 Å². The minimum atomic E-state index is -4.33. The van der Waals surface area contributed by atoms with Gasteiger partial charge in [0.25, 0.3) is 0 Å². The molecule has 0 bridgehead atoms. The smallest absolute Gasteiger partial charge is 0.411 e. The molecule has 8 heteroatoms. The van der Waals surface area contributed by atoms with E-state index >= 15 is 0 Å². The van der Waals surface area contributed by atoms with Gasteiger partial charge < -0.3 is 19.7 Å². The summed E-state index contributed by atoms with van der Waals surface area (Å²) in [6, 6.07) is 14.1. The molecule has 2 aromatic carbocycles. The second kappa shape index (κ2) is 9.98. The lowest BCUT2D eigenvalue weighted by Gasteiger charge is -2.18. The molecule has 0 fully saturated rings. The molecule has 0 atom stereocenters. The van der Waals surface area contributed by atoms with E-state index in [-0.39, 0.29) is 12.6 Å². The van der Waals surface area contributed by atoms with E-state index < -0.39 is 12.8 Å². The van der Waals surface area contributed by atoms with Crippen molar-refractivity contribution >= 4 is 6.03 Å². The Morgan fingerprint density at radius 1 is 1.07 bits per heavy atom. The molecule has 28 heavy (non-hydrogen) atoms. The van der Waals surface area contributed by atoms with E-state index in [4.69, 9.17) is 4.74 Å². The van der Waals surface area contributed by atoms with E-state index in [9.17, 15) is 18.0 Å². The summed E-state index contributed by atoms with van der Waals surface area (Å²) in [6.45, 7) is -0.649. The van der Waals surface area contributed by atoms with Gasteiger partial charge in [0.1, 0.15) is 12.4 Å². The molecule has 0 saturated carbocycles. The van der Waals surface area contributed by atoms with Crippen molar-refractivity contribution in [2.45, 2.75) is 25.9 Å². The van der Waals surface area contributed by atoms with Gasteiger partial charge in [-0.25, -0.2) is 4.79 Å². The van der Waals surface area contributed by atoms with Gasteiger partial charge in [0.15, 0.2) is 0 Å². The first-order valence-corrected chi connectivity index (χ1v) is 8.61. The van der Waals surface area contributed by atoms with E-state index in [1.165, 1.54) is 0 Å². The molecule has 152 valence electrons. The van der Waals surface area contributed by atoms with Crippen LogP contribution in [0.1, 0.15) is 16.7 Å². The van der Waals surface area contributed by atoms with Crippen molar-refractivity contribution in [1.82, 2.24) is 10.2 Å². The number of hydrogen-bond donors (Lipinski definition) is 1. The van der Waals surface area contributed by atoms with E-state index in [0.717, 1.165) is 16.9 Å². The molecule has 2 aromatic rings. The highest BCUT2D eigenvalue weighted by molar-refractivity contribution is 5.73. The van der Waals surface area contributed by atoms with Crippen molar-refractivity contribution in [2.24, 2.45) is 0 Å². The second-order valence-electron chi connectivity index (χ2n) is 6.29. The Morgan fingerprint density at radius 2 is 1.75 bits per heavy atom. The molecule has 5 nitrogen and oxygen atoms in total. The van der Waals surface area contributed by atoms with E-state index in [1.54, 1.807) is 43.3 Å². The SMILES string of the molecule is COc1cccc(CN(C)C(=O)NCc2ccc(COCC(F)(F)F)cc2)c1. The van der Waals surface area contributed by atoms with Gasteiger partial charge in [0.05, 0.1) is 13.7 Å². The van der Waals surface area contributed by atoms with Crippen LogP contribution in [0, 0.1) is 0 Å². The van der Waals surface area contributed by atoms with Gasteiger partial charge in [-0.05, 0) is 28.8 Å². The lowest BCUT2D eigenvalue weighted by atomic mass is 10.1. The number of nitrogens with one attached hydrogen (secondary N) is 1. The quantitative estimate of drug-likeness (QED) is 0.731. The van der Waals surface area contributed by atoms with Crippen LogP contribution in [0.25, 0.3) is 0 Å². The van der Waals surface area contributed by atoms with Gasteiger partial charge in [0, 0.05) is 20.1 Å². The van der Waals surface area contributed by atoms with Crippen LogP contribution < -0.4 is 10.1 Å². The Hall–Kier alpha value is -2.74. The van der Waals surface area contributed by atoms with Crippen molar-refractivity contribution < 1.29 is 27.4 Å². The Kier molecular flexibility index (Phi) is 7.69. The number of urea groups is 1. The van der Waals surface area contributed by atoms with Crippen molar-refractivity contribution in [1.29, 1.82) is 0 Å². The average molecular weight is 396 g/mol. The topological polar surface area (TPSA) is 50.8 Å². The number of nitrogens with zero attached hydrogens (tertiary/aromatic N) is 1. The fraction of sp³-hybridized carbons (Fsp3) is 0.350. The van der Waals surface area contributed by atoms with Crippen LogP contribution in [0.5, 0.6) is 5.75 Å². The lowest BCUT2D eigenvalue weighted by molar-refractivity contribution is -0.176. The van der Waals surface area contributed by atoms with Crippen LogP contribution in [0.4, 0.5) is 18.0 Å². The van der Waals surface area contributed by atoms with Crippen LogP contribution in [-0.2, 0) is 24.4 Å². The highest BCUT2D eigenvalue weighted by Crippen LogP contribution is 2.16. The minimum absolute atomic E-state index is 0.116. The first-order chi connectivity index (χ1) is 13.3. The monoisotopic (exact) mass is 396 g/mol. The number of carbonyl (C=O) groups is 1. The molecule has 0 unspecified atom stereocenters. The number of benzene rings is 2. The highest BCUT2D eigenvalue weighted by Gasteiger charge is 2.27. The second-order valence-corrected chi connectivity index (χ2v) is 6.29. The van der Waals surface area contributed by atoms with Crippen LogP contribution in [-0.4, -0.2) is 37.9 Å². The number of methoxy groups -OCH3 is 1. The third kappa shape index (κ3) is 7.48. The number of rotatable bonds is 8. The predicted octanol–water partition coefficient (Wildman–Crippen LogP) is 4.12. The molecule has 0 heterocycles. The van der Waals surface area contributed by atoms with E-state index in [2.05, 4.69) is 10.1 Å². The predicted molar refractivity (Wildman–Crippen MR) is 98.8 cm³/mol. The third-order valence-electron chi connectivity index (χ3n) is 3.90. The maximum absolute atomic E-state index is 12.2. The van der Waals surface area contributed by atoms with Gasteiger partial charge in [-0.1, -0.05) is 36.4 Å². The van der Waals surface area contributed by atoms with Gasteiger partial charge in [-0.2, -0.15) is 13.2 Å². The molecule has 0 aliphatic heterocycles. The maximum atomic E-state index is 12.2. The summed E-state index contributed by atoms with van der Waals surface area (Å²) < 4.78 is 46.0. The van der Waals surface area contributed by atoms with Gasteiger partial charge in [0.2, 0.25) is 0 Å².